The number of rotatable bonds is 7. The second kappa shape index (κ2) is 12.3. The number of aromatic nitrogens is 2. The molecule has 1 aliphatic rings. The van der Waals surface area contributed by atoms with Crippen molar-refractivity contribution in [3.05, 3.63) is 58.7 Å². The molecule has 1 atom stereocenters. The van der Waals surface area contributed by atoms with E-state index in [1.165, 1.54) is 4.90 Å². The van der Waals surface area contributed by atoms with E-state index in [1.54, 1.807) is 18.3 Å². The molecule has 4 N–H and O–H groups in total. The van der Waals surface area contributed by atoms with Crippen molar-refractivity contribution in [3.63, 3.8) is 0 Å². The van der Waals surface area contributed by atoms with Crippen LogP contribution in [0.1, 0.15) is 52.0 Å². The van der Waals surface area contributed by atoms with Gasteiger partial charge in [-0.1, -0.05) is 28.1 Å². The Kier molecular flexibility index (Phi) is 9.07. The Bertz CT molecular complexity index is 1330. The normalized spacial score (nSPS) is 18.4. The fraction of sp³-hybridized carbons (Fsp3) is 0.448. The van der Waals surface area contributed by atoms with Crippen molar-refractivity contribution in [3.8, 4) is 0 Å². The van der Waals surface area contributed by atoms with Gasteiger partial charge in [0.05, 0.1) is 23.4 Å². The second-order valence-electron chi connectivity index (χ2n) is 11.2. The van der Waals surface area contributed by atoms with Gasteiger partial charge in [0.1, 0.15) is 5.60 Å². The summed E-state index contributed by atoms with van der Waals surface area (Å²) in [6.07, 6.45) is 4.32. The Morgan fingerprint density at radius 3 is 2.59 bits per heavy atom. The van der Waals surface area contributed by atoms with Crippen LogP contribution in [0.4, 0.5) is 10.5 Å². The van der Waals surface area contributed by atoms with Crippen LogP contribution in [-0.2, 0) is 20.7 Å². The van der Waals surface area contributed by atoms with Gasteiger partial charge in [-0.05, 0) is 94.7 Å². The maximum atomic E-state index is 13.9. The molecule has 1 aromatic heterocycles. The van der Waals surface area contributed by atoms with Gasteiger partial charge >= 0.3 is 6.09 Å². The largest absolute Gasteiger partial charge is 0.444 e. The first-order chi connectivity index (χ1) is 18.5. The van der Waals surface area contributed by atoms with Crippen molar-refractivity contribution in [2.75, 3.05) is 11.4 Å². The average Bonchev–Trinajstić information content (AvgIpc) is 3.35. The average molecular weight is 599 g/mol. The third-order valence-electron chi connectivity index (χ3n) is 6.92. The summed E-state index contributed by atoms with van der Waals surface area (Å²) in [5.74, 6) is -0.761. The molecule has 39 heavy (non-hydrogen) atoms. The number of benzene rings is 2. The van der Waals surface area contributed by atoms with Crippen LogP contribution in [0.2, 0.25) is 0 Å². The minimum atomic E-state index is -0.893. The molecular formula is C29H36BrN5O4. The van der Waals surface area contributed by atoms with E-state index in [2.05, 4.69) is 31.4 Å². The Hall–Kier alpha value is -3.24. The van der Waals surface area contributed by atoms with E-state index in [-0.39, 0.29) is 17.7 Å². The number of hydrogen-bond donors (Lipinski definition) is 3. The molecule has 0 saturated heterocycles. The Morgan fingerprint density at radius 1 is 1.15 bits per heavy atom. The van der Waals surface area contributed by atoms with Gasteiger partial charge in [-0.25, -0.2) is 9.69 Å². The van der Waals surface area contributed by atoms with Crippen LogP contribution in [-0.4, -0.2) is 46.3 Å². The van der Waals surface area contributed by atoms with Crippen LogP contribution in [0.5, 0.6) is 0 Å². The summed E-state index contributed by atoms with van der Waals surface area (Å²) in [6, 6.07) is 12.1. The van der Waals surface area contributed by atoms with Gasteiger partial charge in [0.15, 0.2) is 0 Å². The van der Waals surface area contributed by atoms with Crippen molar-refractivity contribution < 1.29 is 19.1 Å². The van der Waals surface area contributed by atoms with E-state index in [4.69, 9.17) is 10.5 Å². The third-order valence-corrected chi connectivity index (χ3v) is 7.41. The second-order valence-corrected chi connectivity index (χ2v) is 12.1. The lowest BCUT2D eigenvalue weighted by Gasteiger charge is -2.32. The molecular weight excluding hydrogens is 562 g/mol. The van der Waals surface area contributed by atoms with Gasteiger partial charge in [-0.2, -0.15) is 5.10 Å². The quantitative estimate of drug-likeness (QED) is 0.348. The summed E-state index contributed by atoms with van der Waals surface area (Å²) in [7, 11) is 0. The van der Waals surface area contributed by atoms with Crippen LogP contribution in [0.15, 0.2) is 53.1 Å². The zero-order valence-corrected chi connectivity index (χ0v) is 24.2. The number of carbonyl (C=O) groups excluding carboxylic acids is 3. The molecule has 208 valence electrons. The molecule has 0 bridgehead atoms. The molecule has 0 spiro atoms. The predicted molar refractivity (Wildman–Crippen MR) is 154 cm³/mol. The van der Waals surface area contributed by atoms with Crippen LogP contribution >= 0.6 is 15.9 Å². The summed E-state index contributed by atoms with van der Waals surface area (Å²) in [4.78, 5) is 40.9. The van der Waals surface area contributed by atoms with Crippen LogP contribution in [0.25, 0.3) is 10.9 Å². The molecule has 4 rings (SSSR count). The van der Waals surface area contributed by atoms with E-state index in [0.29, 0.717) is 31.5 Å². The highest BCUT2D eigenvalue weighted by Crippen LogP contribution is 2.32. The molecule has 10 heteroatoms. The molecule has 0 radical (unpaired) electrons. The smallest absolute Gasteiger partial charge is 0.407 e. The van der Waals surface area contributed by atoms with E-state index in [0.717, 1.165) is 33.8 Å². The summed E-state index contributed by atoms with van der Waals surface area (Å²) in [5, 5.41) is 10.7. The summed E-state index contributed by atoms with van der Waals surface area (Å²) < 4.78 is 6.22. The standard InChI is InChI=1S/C29H36BrN5O4/c1-29(2,3)39-28(38)32-16-18-7-9-20(10-8-18)26(36)35(23-12-11-21-17-33-34-25(21)15-23)27(37)24(31)14-19-5-4-6-22(30)13-19/h4-6,11-13,15,17-18,20,24H,7-10,14,16,31H2,1-3H3,(H,32,38)(H,33,34)/t18-,20-,24-/m0/s1. The molecule has 1 aliphatic carbocycles. The van der Waals surface area contributed by atoms with Gasteiger partial charge < -0.3 is 15.8 Å². The zero-order chi connectivity index (χ0) is 28.2. The van der Waals surface area contributed by atoms with E-state index < -0.39 is 23.6 Å². The highest BCUT2D eigenvalue weighted by atomic mass is 79.9. The molecule has 9 nitrogen and oxygen atoms in total. The first kappa shape index (κ1) is 28.8. The zero-order valence-electron chi connectivity index (χ0n) is 22.6. The number of nitrogens with two attached hydrogens (primary N) is 1. The van der Waals surface area contributed by atoms with Crippen LogP contribution < -0.4 is 16.0 Å². The number of nitrogens with zero attached hydrogens (tertiary/aromatic N) is 2. The van der Waals surface area contributed by atoms with Crippen LogP contribution in [0, 0.1) is 11.8 Å². The monoisotopic (exact) mass is 597 g/mol. The lowest BCUT2D eigenvalue weighted by atomic mass is 9.81. The Labute approximate surface area is 237 Å². The first-order valence-electron chi connectivity index (χ1n) is 13.3. The van der Waals surface area contributed by atoms with Gasteiger partial charge in [-0.15, -0.1) is 0 Å². The minimum absolute atomic E-state index is 0.242. The van der Waals surface area contributed by atoms with Crippen molar-refractivity contribution in [1.29, 1.82) is 0 Å². The van der Waals surface area contributed by atoms with Gasteiger partial charge in [-0.3, -0.25) is 14.7 Å². The summed E-state index contributed by atoms with van der Waals surface area (Å²) >= 11 is 3.46. The van der Waals surface area contributed by atoms with E-state index in [1.807, 2.05) is 51.1 Å². The Balaban J connectivity index is 1.46. The number of anilines is 1. The number of alkyl carbamates (subject to hydrolysis) is 1. The van der Waals surface area contributed by atoms with Crippen molar-refractivity contribution in [1.82, 2.24) is 15.5 Å². The number of imide groups is 1. The third kappa shape index (κ3) is 7.67. The number of amides is 3. The SMILES string of the molecule is CC(C)(C)OC(=O)NC[C@H]1CC[C@H](C(=O)N(C(=O)[C@@H](N)Cc2cccc(Br)c2)c2ccc3cn[nH]c3c2)CC1. The maximum Gasteiger partial charge on any atom is 0.407 e. The molecule has 0 aliphatic heterocycles. The predicted octanol–water partition coefficient (Wildman–Crippen LogP) is 5.09. The number of aromatic amines is 1. The molecule has 1 saturated carbocycles. The fourth-order valence-corrected chi connectivity index (χ4v) is 5.38. The molecule has 1 fully saturated rings. The van der Waals surface area contributed by atoms with Crippen molar-refractivity contribution >= 4 is 50.4 Å². The number of hydrogen-bond acceptors (Lipinski definition) is 6. The number of H-pyrrole nitrogens is 1. The number of fused-ring (bicyclic) bond motifs is 1. The van der Waals surface area contributed by atoms with Crippen molar-refractivity contribution in [2.45, 2.75) is 64.5 Å². The fourth-order valence-electron chi connectivity index (χ4n) is 4.94. The number of ether oxygens (including phenoxy) is 1. The topological polar surface area (TPSA) is 130 Å². The summed E-state index contributed by atoms with van der Waals surface area (Å²) in [6.45, 7) is 5.97. The van der Waals surface area contributed by atoms with Gasteiger partial charge in [0.2, 0.25) is 5.91 Å². The number of carbonyl (C=O) groups is 3. The Morgan fingerprint density at radius 2 is 1.90 bits per heavy atom. The van der Waals surface area contributed by atoms with E-state index in [9.17, 15) is 14.4 Å². The molecule has 2 aromatic carbocycles. The molecule has 1 heterocycles. The first-order valence-corrected chi connectivity index (χ1v) is 14.1. The lowest BCUT2D eigenvalue weighted by molar-refractivity contribution is -0.130. The highest BCUT2D eigenvalue weighted by Gasteiger charge is 2.35. The van der Waals surface area contributed by atoms with Gasteiger partial charge in [0.25, 0.3) is 5.91 Å². The minimum Gasteiger partial charge on any atom is -0.444 e. The van der Waals surface area contributed by atoms with Gasteiger partial charge in [0, 0.05) is 22.3 Å². The maximum absolute atomic E-state index is 13.9. The molecule has 3 amide bonds. The molecule has 3 aromatic rings. The molecule has 0 unspecified atom stereocenters. The van der Waals surface area contributed by atoms with Crippen molar-refractivity contribution in [2.24, 2.45) is 17.6 Å². The van der Waals surface area contributed by atoms with E-state index >= 15 is 0 Å². The number of halogens is 1. The summed E-state index contributed by atoms with van der Waals surface area (Å²) in [5.41, 5.74) is 7.95. The number of nitrogens with one attached hydrogen (secondary N) is 2. The van der Waals surface area contributed by atoms with Crippen LogP contribution in [0.3, 0.4) is 0 Å². The lowest BCUT2D eigenvalue weighted by Crippen LogP contribution is -2.50. The highest BCUT2D eigenvalue weighted by molar-refractivity contribution is 9.10.